The lowest BCUT2D eigenvalue weighted by atomic mass is 10.3. The van der Waals surface area contributed by atoms with Crippen LogP contribution in [0.15, 0.2) is 36.4 Å². The number of fused-ring (bicyclic) bond motifs is 10. The summed E-state index contributed by atoms with van der Waals surface area (Å²) in [7, 11) is 0. The molecule has 14 heteroatoms. The Labute approximate surface area is 272 Å². The summed E-state index contributed by atoms with van der Waals surface area (Å²) in [5.41, 5.74) is 0. The Morgan fingerprint density at radius 2 is 0.667 bits per heavy atom. The Morgan fingerprint density at radius 1 is 0.310 bits per heavy atom. The van der Waals surface area contributed by atoms with Crippen molar-refractivity contribution in [2.45, 2.75) is 0 Å². The molecule has 0 aliphatic heterocycles. The second kappa shape index (κ2) is 8.93. The van der Waals surface area contributed by atoms with Crippen LogP contribution in [0.5, 0.6) is 0 Å². The van der Waals surface area contributed by atoms with Gasteiger partial charge < -0.3 is 0 Å². The molecule has 42 heavy (non-hydrogen) atoms. The van der Waals surface area contributed by atoms with E-state index in [9.17, 15) is 8.78 Å². The summed E-state index contributed by atoms with van der Waals surface area (Å²) < 4.78 is 70.9. The van der Waals surface area contributed by atoms with Crippen molar-refractivity contribution in [3.63, 3.8) is 0 Å². The third-order valence-electron chi connectivity index (χ3n) is 6.88. The molecule has 0 amide bonds. The molecule has 0 bridgehead atoms. The number of rotatable bonds is 3. The Hall–Kier alpha value is -1.72. The molecule has 0 aliphatic carbocycles. The summed E-state index contributed by atoms with van der Waals surface area (Å²) >= 11 is 14.6. The van der Waals surface area contributed by atoms with Crippen molar-refractivity contribution in [2.24, 2.45) is 0 Å². The van der Waals surface area contributed by atoms with Gasteiger partial charge in [0, 0.05) is 41.0 Å². The molecule has 0 spiro atoms. The number of halogens is 4. The van der Waals surface area contributed by atoms with E-state index in [-0.39, 0.29) is 21.9 Å². The van der Waals surface area contributed by atoms with Crippen molar-refractivity contribution in [3.05, 3.63) is 58.3 Å². The molecule has 0 aliphatic rings. The molecular formula is C28H6F4S10. The Bertz CT molecular complexity index is 2510. The first kappa shape index (κ1) is 25.6. The van der Waals surface area contributed by atoms with E-state index < -0.39 is 0 Å². The molecule has 10 aromatic heterocycles. The average molecular weight is 739 g/mol. The summed E-state index contributed by atoms with van der Waals surface area (Å²) in [6.45, 7) is 0. The Balaban J connectivity index is 1.03. The van der Waals surface area contributed by atoms with E-state index in [1.54, 1.807) is 80.2 Å². The van der Waals surface area contributed by atoms with Crippen LogP contribution in [0, 0.1) is 21.9 Å². The zero-order valence-electron chi connectivity index (χ0n) is 20.1. The van der Waals surface area contributed by atoms with Gasteiger partial charge in [0.25, 0.3) is 0 Å². The smallest absolute Gasteiger partial charge is 0.178 e. The van der Waals surface area contributed by atoms with Gasteiger partial charge in [-0.15, -0.1) is 113 Å². The predicted octanol–water partition coefficient (Wildman–Crippen LogP) is 14.8. The minimum atomic E-state index is -0.308. The van der Waals surface area contributed by atoms with Crippen molar-refractivity contribution in [1.29, 1.82) is 0 Å². The summed E-state index contributed by atoms with van der Waals surface area (Å²) in [5.74, 6) is -0.615. The van der Waals surface area contributed by atoms with Crippen LogP contribution in [0.2, 0.25) is 0 Å². The third-order valence-corrected chi connectivity index (χ3v) is 19.8. The maximum absolute atomic E-state index is 15.3. The minimum Gasteiger partial charge on any atom is -0.205 e. The molecular weight excluding hydrogens is 733 g/mol. The highest BCUT2D eigenvalue weighted by molar-refractivity contribution is 7.46. The van der Waals surface area contributed by atoms with Crippen LogP contribution < -0.4 is 0 Å². The van der Waals surface area contributed by atoms with Gasteiger partial charge in [0.2, 0.25) is 0 Å². The summed E-state index contributed by atoms with van der Waals surface area (Å²) in [6, 6.07) is 10.2. The molecule has 10 rings (SSSR count). The quantitative estimate of drug-likeness (QED) is 0.158. The molecule has 0 N–H and O–H groups in total. The fourth-order valence-electron chi connectivity index (χ4n) is 5.14. The van der Waals surface area contributed by atoms with Crippen molar-refractivity contribution >= 4 is 170 Å². The molecule has 10 aromatic rings. The highest BCUT2D eigenvalue weighted by atomic mass is 32.1. The maximum atomic E-state index is 15.3. The first-order chi connectivity index (χ1) is 20.4. The maximum Gasteiger partial charge on any atom is 0.178 e. The monoisotopic (exact) mass is 738 g/mol. The largest absolute Gasteiger partial charge is 0.205 e. The van der Waals surface area contributed by atoms with Gasteiger partial charge in [-0.2, -0.15) is 8.78 Å². The summed E-state index contributed by atoms with van der Waals surface area (Å²) in [6.07, 6.45) is 0. The number of thiophene rings is 10. The molecule has 0 aromatic carbocycles. The van der Waals surface area contributed by atoms with Gasteiger partial charge in [0.1, 0.15) is 11.6 Å². The van der Waals surface area contributed by atoms with Crippen molar-refractivity contribution < 1.29 is 17.6 Å². The zero-order valence-corrected chi connectivity index (χ0v) is 28.2. The van der Waals surface area contributed by atoms with Crippen LogP contribution in [0.4, 0.5) is 17.6 Å². The van der Waals surface area contributed by atoms with E-state index in [2.05, 4.69) is 0 Å². The SMILES string of the molecule is Fc1cc2sc3c4sc(-c5sc(-c6cc(F)c(-c7cc8sc9c%10sc(F)cc%10sc9c8s7)s6)cc5F)cc4sc3c2s1. The summed E-state index contributed by atoms with van der Waals surface area (Å²) in [4.78, 5) is 4.22. The van der Waals surface area contributed by atoms with E-state index in [0.717, 1.165) is 66.2 Å². The number of hydrogen-bond donors (Lipinski definition) is 0. The van der Waals surface area contributed by atoms with Crippen molar-refractivity contribution in [2.75, 3.05) is 0 Å². The minimum absolute atomic E-state index is 0.173. The molecule has 0 saturated carbocycles. The molecule has 0 saturated heterocycles. The van der Waals surface area contributed by atoms with E-state index in [1.807, 2.05) is 12.1 Å². The van der Waals surface area contributed by atoms with Crippen LogP contribution in [0.3, 0.4) is 0 Å². The van der Waals surface area contributed by atoms with Crippen molar-refractivity contribution in [3.8, 4) is 29.3 Å². The molecule has 0 atom stereocenters. The van der Waals surface area contributed by atoms with Gasteiger partial charge in [-0.3, -0.25) is 0 Å². The van der Waals surface area contributed by atoms with Gasteiger partial charge >= 0.3 is 0 Å². The first-order valence-electron chi connectivity index (χ1n) is 12.1. The Kier molecular flexibility index (Phi) is 5.44. The fraction of sp³-hybridized carbons (Fsp3) is 0. The van der Waals surface area contributed by atoms with E-state index in [4.69, 9.17) is 0 Å². The highest BCUT2D eigenvalue weighted by Crippen LogP contribution is 2.54. The van der Waals surface area contributed by atoms with E-state index in [0.29, 0.717) is 19.5 Å². The van der Waals surface area contributed by atoms with Crippen LogP contribution in [-0.2, 0) is 0 Å². The fourth-order valence-corrected chi connectivity index (χ4v) is 18.2. The standard InChI is InChI=1S/C28H6F4S10/c29-7-1-9(33-19(7)11-3-13-21(35-11)25-27(37-13)23-15(39-25)5-17(31)41-23)10-2-8(30)20(34-10)12-4-14-22(36-12)26-28(38-14)24-16(40-26)6-18(32)42-24/h1-6H. The summed E-state index contributed by atoms with van der Waals surface area (Å²) in [5, 5.41) is -0.346. The lowest BCUT2D eigenvalue weighted by molar-refractivity contribution is 0.635. The van der Waals surface area contributed by atoms with E-state index >= 15 is 8.78 Å². The lowest BCUT2D eigenvalue weighted by Crippen LogP contribution is -1.68. The lowest BCUT2D eigenvalue weighted by Gasteiger charge is -1.92. The van der Waals surface area contributed by atoms with Gasteiger partial charge in [0.15, 0.2) is 10.3 Å². The molecule has 0 radical (unpaired) electrons. The molecule has 0 nitrogen and oxygen atoms in total. The zero-order chi connectivity index (χ0) is 28.0. The highest BCUT2D eigenvalue weighted by Gasteiger charge is 2.23. The van der Waals surface area contributed by atoms with Crippen molar-refractivity contribution in [1.82, 2.24) is 0 Å². The van der Waals surface area contributed by atoms with Crippen LogP contribution in [0.1, 0.15) is 0 Å². The number of hydrogen-bond acceptors (Lipinski definition) is 10. The molecule has 10 heterocycles. The van der Waals surface area contributed by atoms with Crippen LogP contribution in [-0.4, -0.2) is 0 Å². The van der Waals surface area contributed by atoms with Crippen LogP contribution in [0.25, 0.3) is 85.7 Å². The van der Waals surface area contributed by atoms with Gasteiger partial charge in [-0.05, 0) is 24.3 Å². The molecule has 0 unspecified atom stereocenters. The topological polar surface area (TPSA) is 0 Å². The van der Waals surface area contributed by atoms with Crippen LogP contribution >= 0.6 is 113 Å². The van der Waals surface area contributed by atoms with Gasteiger partial charge in [0.05, 0.1) is 56.8 Å². The predicted molar refractivity (Wildman–Crippen MR) is 186 cm³/mol. The van der Waals surface area contributed by atoms with Gasteiger partial charge in [-0.1, -0.05) is 0 Å². The second-order valence-corrected chi connectivity index (χ2v) is 19.8. The van der Waals surface area contributed by atoms with E-state index in [1.165, 1.54) is 57.5 Å². The second-order valence-electron chi connectivity index (χ2n) is 9.40. The third kappa shape index (κ3) is 3.56. The molecule has 0 fully saturated rings. The first-order valence-corrected chi connectivity index (χ1v) is 20.2. The average Bonchev–Trinajstić information content (AvgIpc) is 3.75. The molecule has 206 valence electrons. The Morgan fingerprint density at radius 3 is 1.07 bits per heavy atom. The van der Waals surface area contributed by atoms with Gasteiger partial charge in [-0.25, -0.2) is 8.78 Å². The normalized spacial score (nSPS) is 12.8.